The van der Waals surface area contributed by atoms with Gasteiger partial charge < -0.3 is 10.5 Å². The maximum atomic E-state index is 12.1. The lowest BCUT2D eigenvalue weighted by molar-refractivity contribution is -0.274. The minimum Gasteiger partial charge on any atom is -0.406 e. The highest BCUT2D eigenvalue weighted by Gasteiger charge is 2.30. The molecular formula is C13H10Br2F3NOS. The molecule has 0 fully saturated rings. The fourth-order valence-corrected chi connectivity index (χ4v) is 4.80. The zero-order valence-electron chi connectivity index (χ0n) is 10.5. The Morgan fingerprint density at radius 3 is 2.29 bits per heavy atom. The van der Waals surface area contributed by atoms with E-state index >= 15 is 0 Å². The number of halogens is 5. The molecule has 2 aromatic rings. The molecule has 8 heteroatoms. The van der Waals surface area contributed by atoms with Gasteiger partial charge >= 0.3 is 6.36 Å². The summed E-state index contributed by atoms with van der Waals surface area (Å²) in [5, 5.41) is 0. The molecule has 0 aliphatic carbocycles. The molecular weight excluding hydrogens is 435 g/mol. The van der Waals surface area contributed by atoms with E-state index < -0.39 is 6.36 Å². The topological polar surface area (TPSA) is 35.2 Å². The van der Waals surface area contributed by atoms with Crippen molar-refractivity contribution in [3.63, 3.8) is 0 Å². The summed E-state index contributed by atoms with van der Waals surface area (Å²) in [5.41, 5.74) is 7.93. The van der Waals surface area contributed by atoms with E-state index in [1.807, 2.05) is 6.07 Å². The second-order valence-electron chi connectivity index (χ2n) is 4.28. The average molecular weight is 445 g/mol. The number of alkyl halides is 3. The Kier molecular flexibility index (Phi) is 5.34. The van der Waals surface area contributed by atoms with Gasteiger partial charge in [0, 0.05) is 6.04 Å². The third kappa shape index (κ3) is 4.98. The van der Waals surface area contributed by atoms with Crippen LogP contribution >= 0.6 is 43.2 Å². The SMILES string of the molecule is NC(Cc1ccc(OC(F)(F)F)cc1)c1cc(Br)sc1Br. The van der Waals surface area contributed by atoms with Crippen molar-refractivity contribution in [3.8, 4) is 5.75 Å². The number of hydrogen-bond acceptors (Lipinski definition) is 3. The molecule has 2 N–H and O–H groups in total. The smallest absolute Gasteiger partial charge is 0.406 e. The van der Waals surface area contributed by atoms with E-state index in [9.17, 15) is 13.2 Å². The van der Waals surface area contributed by atoms with E-state index in [4.69, 9.17) is 5.73 Å². The summed E-state index contributed by atoms with van der Waals surface area (Å²) in [4.78, 5) is 0. The van der Waals surface area contributed by atoms with Gasteiger partial charge in [-0.2, -0.15) is 0 Å². The fraction of sp³-hybridized carbons (Fsp3) is 0.231. The molecule has 21 heavy (non-hydrogen) atoms. The lowest BCUT2D eigenvalue weighted by Gasteiger charge is -2.12. The lowest BCUT2D eigenvalue weighted by atomic mass is 10.0. The van der Waals surface area contributed by atoms with Gasteiger partial charge in [0.05, 0.1) is 7.57 Å². The van der Waals surface area contributed by atoms with Crippen molar-refractivity contribution >= 4 is 43.2 Å². The highest BCUT2D eigenvalue weighted by Crippen LogP contribution is 2.35. The molecule has 1 aromatic heterocycles. The predicted molar refractivity (Wildman–Crippen MR) is 83.5 cm³/mol. The van der Waals surface area contributed by atoms with Crippen molar-refractivity contribution in [2.75, 3.05) is 0 Å². The van der Waals surface area contributed by atoms with Crippen LogP contribution in [0.1, 0.15) is 17.2 Å². The van der Waals surface area contributed by atoms with Crippen LogP contribution in [-0.4, -0.2) is 6.36 Å². The molecule has 0 amide bonds. The molecule has 0 bridgehead atoms. The van der Waals surface area contributed by atoms with Crippen LogP contribution < -0.4 is 10.5 Å². The van der Waals surface area contributed by atoms with Crippen molar-refractivity contribution in [1.82, 2.24) is 0 Å². The first-order valence-corrected chi connectivity index (χ1v) is 8.20. The van der Waals surface area contributed by atoms with Crippen molar-refractivity contribution in [2.24, 2.45) is 5.73 Å². The number of ether oxygens (including phenoxy) is 1. The molecule has 0 aliphatic rings. The van der Waals surface area contributed by atoms with Crippen molar-refractivity contribution in [1.29, 1.82) is 0 Å². The van der Waals surface area contributed by atoms with E-state index in [0.717, 1.165) is 18.7 Å². The summed E-state index contributed by atoms with van der Waals surface area (Å²) >= 11 is 8.35. The Morgan fingerprint density at radius 2 is 1.81 bits per heavy atom. The summed E-state index contributed by atoms with van der Waals surface area (Å²) in [7, 11) is 0. The predicted octanol–water partition coefficient (Wildman–Crippen LogP) is 5.41. The number of rotatable bonds is 4. The van der Waals surface area contributed by atoms with Crippen LogP contribution in [0.25, 0.3) is 0 Å². The van der Waals surface area contributed by atoms with Crippen LogP contribution in [0.3, 0.4) is 0 Å². The highest BCUT2D eigenvalue weighted by molar-refractivity contribution is 9.12. The third-order valence-electron chi connectivity index (χ3n) is 2.70. The zero-order chi connectivity index (χ0) is 15.6. The number of nitrogens with two attached hydrogens (primary N) is 1. The standard InChI is InChI=1S/C13H10Br2F3NOS/c14-11-6-9(12(15)21-11)10(19)5-7-1-3-8(4-2-7)20-13(16,17)18/h1-4,6,10H,5,19H2. The van der Waals surface area contributed by atoms with Gasteiger partial charge in [0.2, 0.25) is 0 Å². The summed E-state index contributed by atoms with van der Waals surface area (Å²) < 4.78 is 41.9. The summed E-state index contributed by atoms with van der Waals surface area (Å²) in [6.07, 6.45) is -4.15. The first-order valence-electron chi connectivity index (χ1n) is 5.79. The minimum absolute atomic E-state index is 0.237. The van der Waals surface area contributed by atoms with E-state index in [-0.39, 0.29) is 11.8 Å². The number of thiophene rings is 1. The molecule has 1 unspecified atom stereocenters. The monoisotopic (exact) mass is 443 g/mol. The summed E-state index contributed by atoms with van der Waals surface area (Å²) in [6, 6.07) is 7.42. The molecule has 0 spiro atoms. The highest BCUT2D eigenvalue weighted by atomic mass is 79.9. The Bertz CT molecular complexity index is 613. The summed E-state index contributed by atoms with van der Waals surface area (Å²) in [5.74, 6) is -0.237. The van der Waals surface area contributed by atoms with Crippen molar-refractivity contribution in [2.45, 2.75) is 18.8 Å². The molecule has 1 atom stereocenters. The van der Waals surface area contributed by atoms with Crippen LogP contribution in [0.5, 0.6) is 5.75 Å². The Balaban J connectivity index is 2.05. The minimum atomic E-state index is -4.67. The molecule has 1 heterocycles. The second-order valence-corrected chi connectivity index (χ2v) is 8.03. The van der Waals surface area contributed by atoms with Gasteiger partial charge in [-0.1, -0.05) is 12.1 Å². The zero-order valence-corrected chi connectivity index (χ0v) is 14.4. The quantitative estimate of drug-likeness (QED) is 0.683. The van der Waals surface area contributed by atoms with Gasteiger partial charge in [0.15, 0.2) is 0 Å². The van der Waals surface area contributed by atoms with Crippen LogP contribution in [-0.2, 0) is 6.42 Å². The lowest BCUT2D eigenvalue weighted by Crippen LogP contribution is -2.17. The maximum absolute atomic E-state index is 12.1. The van der Waals surface area contributed by atoms with E-state index in [0.29, 0.717) is 6.42 Å². The van der Waals surface area contributed by atoms with E-state index in [1.165, 1.54) is 23.5 Å². The second kappa shape index (κ2) is 6.68. The third-order valence-corrected chi connectivity index (χ3v) is 5.08. The van der Waals surface area contributed by atoms with Gasteiger partial charge in [-0.25, -0.2) is 0 Å². The average Bonchev–Trinajstić information content (AvgIpc) is 2.69. The van der Waals surface area contributed by atoms with Gasteiger partial charge in [-0.15, -0.1) is 24.5 Å². The van der Waals surface area contributed by atoms with Crippen molar-refractivity contribution in [3.05, 3.63) is 49.0 Å². The first-order chi connectivity index (χ1) is 9.74. The molecule has 2 nitrogen and oxygen atoms in total. The molecule has 0 aliphatic heterocycles. The molecule has 0 saturated heterocycles. The van der Waals surface area contributed by atoms with Crippen LogP contribution in [0.2, 0.25) is 0 Å². The molecule has 1 aromatic carbocycles. The molecule has 114 valence electrons. The number of benzene rings is 1. The Morgan fingerprint density at radius 1 is 1.19 bits per heavy atom. The van der Waals surface area contributed by atoms with Crippen LogP contribution in [0.4, 0.5) is 13.2 Å². The largest absolute Gasteiger partial charge is 0.573 e. The van der Waals surface area contributed by atoms with Gasteiger partial charge in [0.25, 0.3) is 0 Å². The van der Waals surface area contributed by atoms with Gasteiger partial charge in [0.1, 0.15) is 5.75 Å². The van der Waals surface area contributed by atoms with Gasteiger partial charge in [-0.3, -0.25) is 0 Å². The van der Waals surface area contributed by atoms with Crippen LogP contribution in [0, 0.1) is 0 Å². The fourth-order valence-electron chi connectivity index (χ4n) is 1.80. The molecule has 0 saturated carbocycles. The van der Waals surface area contributed by atoms with E-state index in [1.54, 1.807) is 12.1 Å². The van der Waals surface area contributed by atoms with Crippen LogP contribution in [0.15, 0.2) is 37.9 Å². The molecule has 0 radical (unpaired) electrons. The van der Waals surface area contributed by atoms with Gasteiger partial charge in [-0.05, 0) is 67.6 Å². The Labute approximate surface area is 140 Å². The molecule has 2 rings (SSSR count). The van der Waals surface area contributed by atoms with E-state index in [2.05, 4.69) is 36.6 Å². The Hall–Kier alpha value is -0.570. The first kappa shape index (κ1) is 16.8. The normalized spacial score (nSPS) is 13.2. The van der Waals surface area contributed by atoms with Crippen molar-refractivity contribution < 1.29 is 17.9 Å². The number of hydrogen-bond donors (Lipinski definition) is 1. The summed E-state index contributed by atoms with van der Waals surface area (Å²) in [6.45, 7) is 0. The maximum Gasteiger partial charge on any atom is 0.573 e.